The van der Waals surface area contributed by atoms with Crippen molar-refractivity contribution in [1.29, 1.82) is 5.26 Å². The van der Waals surface area contributed by atoms with Crippen LogP contribution in [0.4, 0.5) is 21.7 Å². The van der Waals surface area contributed by atoms with E-state index < -0.39 is 5.82 Å². The lowest BCUT2D eigenvalue weighted by Gasteiger charge is -2.41. The van der Waals surface area contributed by atoms with Gasteiger partial charge in [-0.3, -0.25) is 5.10 Å². The van der Waals surface area contributed by atoms with Crippen molar-refractivity contribution >= 4 is 28.5 Å². The third-order valence-corrected chi connectivity index (χ3v) is 8.27. The Balaban J connectivity index is 1.28. The van der Waals surface area contributed by atoms with Gasteiger partial charge in [-0.2, -0.15) is 10.4 Å². The lowest BCUT2D eigenvalue weighted by molar-refractivity contribution is 0.0974. The van der Waals surface area contributed by atoms with Crippen LogP contribution in [0.2, 0.25) is 0 Å². The molecule has 9 nitrogen and oxygen atoms in total. The zero-order valence-electron chi connectivity index (χ0n) is 20.0. The molecule has 1 spiro atoms. The normalized spacial score (nSPS) is 25.7. The number of nitrogens with two attached hydrogens (primary N) is 1. The molecule has 182 valence electrons. The van der Waals surface area contributed by atoms with Crippen LogP contribution in [-0.2, 0) is 4.74 Å². The maximum absolute atomic E-state index is 15.0. The molecule has 10 heteroatoms. The van der Waals surface area contributed by atoms with Gasteiger partial charge in [0.2, 0.25) is 0 Å². The largest absolute Gasteiger partial charge is 0.376 e. The summed E-state index contributed by atoms with van der Waals surface area (Å²) in [6.07, 6.45) is 4.57. The molecule has 2 aromatic heterocycles. The molecule has 3 N–H and O–H groups in total. The molecule has 3 aromatic rings. The van der Waals surface area contributed by atoms with E-state index in [9.17, 15) is 5.26 Å². The quantitative estimate of drug-likeness (QED) is 0.578. The van der Waals surface area contributed by atoms with Gasteiger partial charge in [-0.15, -0.1) is 0 Å². The average molecular weight is 477 g/mol. The van der Waals surface area contributed by atoms with Gasteiger partial charge in [0.1, 0.15) is 17.7 Å². The van der Waals surface area contributed by atoms with Crippen LogP contribution in [0.1, 0.15) is 50.2 Å². The third kappa shape index (κ3) is 3.37. The predicted molar refractivity (Wildman–Crippen MR) is 130 cm³/mol. The SMILES string of the molecule is CC1CCN(c2n[nH]c3nc(N4CCC5(CC4)CO[C@@H](C)[C@H]5N)cnc23)c2ccc(C#N)c(F)c21. The fourth-order valence-corrected chi connectivity index (χ4v) is 5.96. The molecule has 3 aliphatic rings. The smallest absolute Gasteiger partial charge is 0.183 e. The van der Waals surface area contributed by atoms with Crippen LogP contribution in [-0.4, -0.2) is 58.6 Å². The predicted octanol–water partition coefficient (Wildman–Crippen LogP) is 3.34. The minimum atomic E-state index is -0.444. The Labute approximate surface area is 203 Å². The van der Waals surface area contributed by atoms with E-state index in [0.717, 1.165) is 50.5 Å². The van der Waals surface area contributed by atoms with Crippen LogP contribution >= 0.6 is 0 Å². The lowest BCUT2D eigenvalue weighted by atomic mass is 9.73. The van der Waals surface area contributed by atoms with E-state index in [1.54, 1.807) is 12.3 Å². The van der Waals surface area contributed by atoms with Crippen LogP contribution < -0.4 is 15.5 Å². The van der Waals surface area contributed by atoms with Gasteiger partial charge in [0.25, 0.3) is 0 Å². The zero-order valence-corrected chi connectivity index (χ0v) is 20.0. The van der Waals surface area contributed by atoms with E-state index in [1.807, 2.05) is 17.9 Å². The number of fused-ring (bicyclic) bond motifs is 2. The molecule has 0 amide bonds. The molecule has 3 aliphatic heterocycles. The van der Waals surface area contributed by atoms with Gasteiger partial charge in [-0.05, 0) is 44.2 Å². The molecular weight excluding hydrogens is 447 g/mol. The number of nitrogens with one attached hydrogen (secondary N) is 1. The number of hydrogen-bond donors (Lipinski definition) is 2. The summed E-state index contributed by atoms with van der Waals surface area (Å²) < 4.78 is 20.9. The number of hydrogen-bond acceptors (Lipinski definition) is 8. The molecular formula is C25H29FN8O. The summed E-state index contributed by atoms with van der Waals surface area (Å²) in [6, 6.07) is 5.35. The molecule has 0 bridgehead atoms. The fourth-order valence-electron chi connectivity index (χ4n) is 5.96. The topological polar surface area (TPSA) is 120 Å². The Morgan fingerprint density at radius 1 is 1.26 bits per heavy atom. The summed E-state index contributed by atoms with van der Waals surface area (Å²) in [5.74, 6) is 0.999. The van der Waals surface area contributed by atoms with Crippen molar-refractivity contribution in [2.75, 3.05) is 36.0 Å². The van der Waals surface area contributed by atoms with E-state index >= 15 is 4.39 Å². The van der Waals surface area contributed by atoms with Crippen molar-refractivity contribution in [2.24, 2.45) is 11.1 Å². The minimum absolute atomic E-state index is 0.0150. The van der Waals surface area contributed by atoms with Crippen LogP contribution in [0, 0.1) is 22.6 Å². The van der Waals surface area contributed by atoms with E-state index in [2.05, 4.69) is 22.0 Å². The Morgan fingerprint density at radius 3 is 2.77 bits per heavy atom. The summed E-state index contributed by atoms with van der Waals surface area (Å²) in [5.41, 5.74) is 9.10. The Hall–Kier alpha value is -3.29. The first-order chi connectivity index (χ1) is 16.9. The highest BCUT2D eigenvalue weighted by Gasteiger charge is 2.47. The van der Waals surface area contributed by atoms with Crippen molar-refractivity contribution in [1.82, 2.24) is 20.2 Å². The van der Waals surface area contributed by atoms with Gasteiger partial charge in [0.15, 0.2) is 17.0 Å². The van der Waals surface area contributed by atoms with Crippen molar-refractivity contribution < 1.29 is 9.13 Å². The first kappa shape index (κ1) is 22.2. The number of H-pyrrole nitrogens is 1. The zero-order chi connectivity index (χ0) is 24.3. The van der Waals surface area contributed by atoms with Gasteiger partial charge < -0.3 is 20.3 Å². The second-order valence-corrected chi connectivity index (χ2v) is 10.2. The van der Waals surface area contributed by atoms with E-state index in [4.69, 9.17) is 20.4 Å². The average Bonchev–Trinajstić information content (AvgIpc) is 3.41. The van der Waals surface area contributed by atoms with Crippen molar-refractivity contribution in [3.8, 4) is 6.07 Å². The standard InChI is InChI=1S/C25H29FN8O/c1-14-5-8-34(17-4-3-16(11-27)20(26)19(14)17)24-21-23(31-32-24)30-18(12-29-21)33-9-6-25(7-10-33)13-35-15(2)22(25)28/h3-4,12,14-15,22H,5-10,13,28H2,1-2H3,(H,30,31,32)/t14?,15-,22+/m0/s1. The first-order valence-electron chi connectivity index (χ1n) is 12.2. The van der Waals surface area contributed by atoms with E-state index in [1.165, 1.54) is 6.07 Å². The Bertz CT molecular complexity index is 1320. The van der Waals surface area contributed by atoms with Crippen LogP contribution in [0.5, 0.6) is 0 Å². The number of ether oxygens (including phenoxy) is 1. The maximum Gasteiger partial charge on any atom is 0.183 e. The van der Waals surface area contributed by atoms with Gasteiger partial charge in [-0.1, -0.05) is 6.92 Å². The van der Waals surface area contributed by atoms with Gasteiger partial charge >= 0.3 is 0 Å². The number of benzene rings is 1. The number of halogens is 1. The second kappa shape index (κ2) is 8.14. The maximum atomic E-state index is 15.0. The fraction of sp³-hybridized carbons (Fsp3) is 0.520. The number of rotatable bonds is 2. The number of anilines is 3. The van der Waals surface area contributed by atoms with Gasteiger partial charge in [0, 0.05) is 42.3 Å². The van der Waals surface area contributed by atoms with Gasteiger partial charge in [-0.25, -0.2) is 14.4 Å². The molecule has 2 fully saturated rings. The molecule has 3 atom stereocenters. The second-order valence-electron chi connectivity index (χ2n) is 10.2. The highest BCUT2D eigenvalue weighted by atomic mass is 19.1. The summed E-state index contributed by atoms with van der Waals surface area (Å²) in [4.78, 5) is 13.8. The first-order valence-corrected chi connectivity index (χ1v) is 12.2. The molecule has 2 saturated heterocycles. The number of aromatic amines is 1. The van der Waals surface area contributed by atoms with E-state index in [0.29, 0.717) is 29.1 Å². The molecule has 35 heavy (non-hydrogen) atoms. The summed E-state index contributed by atoms with van der Waals surface area (Å²) in [7, 11) is 0. The van der Waals surface area contributed by atoms with E-state index in [-0.39, 0.29) is 29.0 Å². The third-order valence-electron chi connectivity index (χ3n) is 8.27. The monoisotopic (exact) mass is 476 g/mol. The van der Waals surface area contributed by atoms with Crippen molar-refractivity contribution in [3.63, 3.8) is 0 Å². The van der Waals surface area contributed by atoms with Crippen LogP contribution in [0.3, 0.4) is 0 Å². The molecule has 0 radical (unpaired) electrons. The molecule has 6 rings (SSSR count). The number of aromatic nitrogens is 4. The molecule has 0 saturated carbocycles. The molecule has 1 aromatic carbocycles. The highest BCUT2D eigenvalue weighted by molar-refractivity contribution is 5.88. The summed E-state index contributed by atoms with van der Waals surface area (Å²) >= 11 is 0. The van der Waals surface area contributed by atoms with Gasteiger partial charge in [0.05, 0.1) is 24.5 Å². The number of nitriles is 1. The minimum Gasteiger partial charge on any atom is -0.376 e. The molecule has 0 aliphatic carbocycles. The Morgan fingerprint density at radius 2 is 2.06 bits per heavy atom. The lowest BCUT2D eigenvalue weighted by Crippen LogP contribution is -2.50. The molecule has 5 heterocycles. The highest BCUT2D eigenvalue weighted by Crippen LogP contribution is 2.43. The van der Waals surface area contributed by atoms with Crippen molar-refractivity contribution in [2.45, 2.75) is 51.2 Å². The molecule has 1 unspecified atom stereocenters. The number of piperidine rings is 1. The van der Waals surface area contributed by atoms with Crippen LogP contribution in [0.15, 0.2) is 18.3 Å². The summed E-state index contributed by atoms with van der Waals surface area (Å²) in [6.45, 7) is 7.15. The van der Waals surface area contributed by atoms with Crippen LogP contribution in [0.25, 0.3) is 11.2 Å². The summed E-state index contributed by atoms with van der Waals surface area (Å²) in [5, 5.41) is 16.8. The number of nitrogens with zero attached hydrogens (tertiary/aromatic N) is 6. The van der Waals surface area contributed by atoms with Crippen molar-refractivity contribution in [3.05, 3.63) is 35.3 Å². The Kier molecular flexibility index (Phi) is 5.16.